The Balaban J connectivity index is 0.000000687. The highest BCUT2D eigenvalue weighted by molar-refractivity contribution is 6.31. The first-order valence-electron chi connectivity index (χ1n) is 8.85. The molecule has 0 spiro atoms. The van der Waals surface area contributed by atoms with E-state index in [9.17, 15) is 18.4 Å². The molecule has 0 atom stereocenters. The second kappa shape index (κ2) is 10.7. The van der Waals surface area contributed by atoms with Crippen molar-refractivity contribution >= 4 is 29.6 Å². The highest BCUT2D eigenvalue weighted by Crippen LogP contribution is 2.30. The summed E-state index contributed by atoms with van der Waals surface area (Å²) in [4.78, 5) is 31.5. The molecule has 1 aliphatic heterocycles. The molecule has 7 nitrogen and oxygen atoms in total. The van der Waals surface area contributed by atoms with Gasteiger partial charge < -0.3 is 19.7 Å². The van der Waals surface area contributed by atoms with Crippen molar-refractivity contribution in [1.29, 1.82) is 0 Å². The number of amides is 1. The number of carbonyl (C=O) groups excluding carboxylic acids is 2. The third-order valence-electron chi connectivity index (χ3n) is 3.91. The van der Waals surface area contributed by atoms with Gasteiger partial charge in [-0.2, -0.15) is 0 Å². The fourth-order valence-electron chi connectivity index (χ4n) is 2.65. The Hall–Kier alpha value is -2.81. The Morgan fingerprint density at radius 2 is 2.14 bits per heavy atom. The van der Waals surface area contributed by atoms with Crippen molar-refractivity contribution in [2.45, 2.75) is 32.9 Å². The van der Waals surface area contributed by atoms with Gasteiger partial charge in [0, 0.05) is 43.5 Å². The van der Waals surface area contributed by atoms with Crippen LogP contribution in [-0.4, -0.2) is 47.1 Å². The molecule has 1 aliphatic rings. The minimum Gasteiger partial charge on any atom is -0.471 e. The van der Waals surface area contributed by atoms with E-state index in [2.05, 4.69) is 15.3 Å². The van der Waals surface area contributed by atoms with Crippen molar-refractivity contribution in [1.82, 2.24) is 14.9 Å². The Labute approximate surface area is 172 Å². The average Bonchev–Trinajstić information content (AvgIpc) is 3.03. The van der Waals surface area contributed by atoms with Crippen LogP contribution in [0, 0.1) is 0 Å². The topological polar surface area (TPSA) is 84.4 Å². The molecule has 0 aliphatic carbocycles. The lowest BCUT2D eigenvalue weighted by atomic mass is 10.1. The SMILES string of the molecule is CCC=O.CNc1nccc2c1CN(Cc1cnc(OCC(F)F)c(Cl)c1)C2=O. The Morgan fingerprint density at radius 1 is 1.41 bits per heavy atom. The van der Waals surface area contributed by atoms with E-state index in [1.54, 1.807) is 30.3 Å². The molecule has 1 N–H and O–H groups in total. The summed E-state index contributed by atoms with van der Waals surface area (Å²) in [6, 6.07) is 3.24. The Kier molecular flexibility index (Phi) is 8.26. The van der Waals surface area contributed by atoms with E-state index in [1.165, 1.54) is 6.20 Å². The molecule has 0 unspecified atom stereocenters. The minimum absolute atomic E-state index is 0.0524. The van der Waals surface area contributed by atoms with Gasteiger partial charge in [0.05, 0.1) is 6.54 Å². The van der Waals surface area contributed by atoms with E-state index >= 15 is 0 Å². The van der Waals surface area contributed by atoms with Gasteiger partial charge in [0.25, 0.3) is 12.3 Å². The van der Waals surface area contributed by atoms with Gasteiger partial charge in [-0.1, -0.05) is 18.5 Å². The van der Waals surface area contributed by atoms with E-state index in [-0.39, 0.29) is 16.8 Å². The third-order valence-corrected chi connectivity index (χ3v) is 4.18. The second-order valence-corrected chi connectivity index (χ2v) is 6.41. The number of carbonyl (C=O) groups is 2. The van der Waals surface area contributed by atoms with Crippen molar-refractivity contribution in [3.8, 4) is 5.88 Å². The predicted octanol–water partition coefficient (Wildman–Crippen LogP) is 3.57. The number of nitrogens with one attached hydrogen (secondary N) is 1. The van der Waals surface area contributed by atoms with Gasteiger partial charge in [-0.3, -0.25) is 4.79 Å². The van der Waals surface area contributed by atoms with Crippen molar-refractivity contribution in [2.24, 2.45) is 0 Å². The maximum atomic E-state index is 12.5. The number of pyridine rings is 2. The first kappa shape index (κ1) is 22.5. The average molecular weight is 427 g/mol. The van der Waals surface area contributed by atoms with Crippen LogP contribution in [0.4, 0.5) is 14.6 Å². The van der Waals surface area contributed by atoms with Crippen molar-refractivity contribution in [2.75, 3.05) is 19.0 Å². The summed E-state index contributed by atoms with van der Waals surface area (Å²) in [5, 5.41) is 3.10. The van der Waals surface area contributed by atoms with Crippen LogP contribution in [0.1, 0.15) is 34.8 Å². The van der Waals surface area contributed by atoms with Gasteiger partial charge in [-0.25, -0.2) is 18.7 Å². The van der Waals surface area contributed by atoms with E-state index in [0.29, 0.717) is 36.5 Å². The normalized spacial score (nSPS) is 12.3. The van der Waals surface area contributed by atoms with E-state index in [0.717, 1.165) is 11.8 Å². The van der Waals surface area contributed by atoms with Gasteiger partial charge in [0.2, 0.25) is 5.88 Å². The number of ether oxygens (including phenoxy) is 1. The Bertz CT molecular complexity index is 867. The molecule has 2 aromatic heterocycles. The van der Waals surface area contributed by atoms with Gasteiger partial charge >= 0.3 is 0 Å². The fraction of sp³-hybridized carbons (Fsp3) is 0.368. The van der Waals surface area contributed by atoms with Crippen molar-refractivity contribution in [3.05, 3.63) is 46.2 Å². The van der Waals surface area contributed by atoms with Crippen LogP contribution in [0.25, 0.3) is 0 Å². The number of fused-ring (bicyclic) bond motifs is 1. The van der Waals surface area contributed by atoms with Crippen LogP contribution in [0.2, 0.25) is 5.02 Å². The van der Waals surface area contributed by atoms with E-state index in [1.807, 2.05) is 6.92 Å². The molecule has 0 radical (unpaired) electrons. The molecular formula is C19H21ClF2N4O3. The van der Waals surface area contributed by atoms with Crippen LogP contribution >= 0.6 is 11.6 Å². The maximum Gasteiger partial charge on any atom is 0.272 e. The van der Waals surface area contributed by atoms with E-state index in [4.69, 9.17) is 16.3 Å². The van der Waals surface area contributed by atoms with Crippen LogP contribution in [0.3, 0.4) is 0 Å². The summed E-state index contributed by atoms with van der Waals surface area (Å²) in [5.74, 6) is 0.506. The van der Waals surface area contributed by atoms with Crippen LogP contribution in [0.15, 0.2) is 24.5 Å². The zero-order valence-electron chi connectivity index (χ0n) is 16.0. The van der Waals surface area contributed by atoms with Crippen LogP contribution in [-0.2, 0) is 17.9 Å². The number of halogens is 3. The molecule has 10 heteroatoms. The summed E-state index contributed by atoms with van der Waals surface area (Å²) in [6.45, 7) is 1.75. The number of anilines is 1. The zero-order chi connectivity index (χ0) is 21.4. The predicted molar refractivity (Wildman–Crippen MR) is 104 cm³/mol. The molecule has 1 amide bonds. The molecule has 2 aromatic rings. The van der Waals surface area contributed by atoms with Crippen LogP contribution < -0.4 is 10.1 Å². The van der Waals surface area contributed by atoms with E-state index < -0.39 is 13.0 Å². The summed E-state index contributed by atoms with van der Waals surface area (Å²) < 4.78 is 29.2. The fourth-order valence-corrected chi connectivity index (χ4v) is 2.89. The lowest BCUT2D eigenvalue weighted by Gasteiger charge is -2.16. The largest absolute Gasteiger partial charge is 0.471 e. The number of hydrogen-bond donors (Lipinski definition) is 1. The molecule has 29 heavy (non-hydrogen) atoms. The summed E-state index contributed by atoms with van der Waals surface area (Å²) in [6.07, 6.45) is 1.95. The number of aldehydes is 1. The lowest BCUT2D eigenvalue weighted by Crippen LogP contribution is -2.23. The molecule has 0 fully saturated rings. The quantitative estimate of drug-likeness (QED) is 0.681. The molecule has 0 saturated carbocycles. The van der Waals surface area contributed by atoms with Gasteiger partial charge in [0.15, 0.2) is 6.61 Å². The first-order valence-corrected chi connectivity index (χ1v) is 9.22. The van der Waals surface area contributed by atoms with Gasteiger partial charge in [-0.05, 0) is 17.7 Å². The Morgan fingerprint density at radius 3 is 2.72 bits per heavy atom. The standard InChI is InChI=1S/C16H15ClF2N4O2.C3H6O/c1-20-14-11-7-23(16(24)10(11)2-3-21-14)6-9-4-12(17)15(22-5-9)25-8-13(18)19;1-2-3-4/h2-5,13H,6-8H2,1H3,(H,20,21);3H,2H2,1H3. The molecule has 3 heterocycles. The van der Waals surface area contributed by atoms with Gasteiger partial charge in [0.1, 0.15) is 17.1 Å². The number of nitrogens with zero attached hydrogens (tertiary/aromatic N) is 3. The molecule has 156 valence electrons. The lowest BCUT2D eigenvalue weighted by molar-refractivity contribution is -0.107. The minimum atomic E-state index is -2.60. The maximum absolute atomic E-state index is 12.5. The highest BCUT2D eigenvalue weighted by atomic mass is 35.5. The highest BCUT2D eigenvalue weighted by Gasteiger charge is 2.29. The smallest absolute Gasteiger partial charge is 0.272 e. The molecule has 0 bridgehead atoms. The number of aromatic nitrogens is 2. The summed E-state index contributed by atoms with van der Waals surface area (Å²) >= 11 is 6.02. The summed E-state index contributed by atoms with van der Waals surface area (Å²) in [5.41, 5.74) is 2.12. The number of alkyl halides is 2. The van der Waals surface area contributed by atoms with Crippen molar-refractivity contribution in [3.63, 3.8) is 0 Å². The zero-order valence-corrected chi connectivity index (χ0v) is 16.7. The number of hydrogen-bond acceptors (Lipinski definition) is 6. The molecule has 3 rings (SSSR count). The summed E-state index contributed by atoms with van der Waals surface area (Å²) in [7, 11) is 1.75. The van der Waals surface area contributed by atoms with Crippen LogP contribution in [0.5, 0.6) is 5.88 Å². The first-order chi connectivity index (χ1) is 13.9. The molecule has 0 aromatic carbocycles. The third kappa shape index (κ3) is 5.83. The monoisotopic (exact) mass is 426 g/mol. The molecular weight excluding hydrogens is 406 g/mol. The second-order valence-electron chi connectivity index (χ2n) is 6.00. The molecule has 0 saturated heterocycles. The number of rotatable bonds is 7. The van der Waals surface area contributed by atoms with Crippen molar-refractivity contribution < 1.29 is 23.1 Å². The van der Waals surface area contributed by atoms with Gasteiger partial charge in [-0.15, -0.1) is 0 Å².